The molecule has 0 spiro atoms. The standard InChI is InChI=1S/C7H13NO2/c1-8(2)7(10)5-3-6(9)4-5/h5-6,9H,3-4H2,1-2H3/t5-,6-. The fourth-order valence-electron chi connectivity index (χ4n) is 1.15. The number of amides is 1. The van der Waals surface area contributed by atoms with Crippen molar-refractivity contribution in [1.82, 2.24) is 4.90 Å². The van der Waals surface area contributed by atoms with Gasteiger partial charge in [-0.3, -0.25) is 4.79 Å². The summed E-state index contributed by atoms with van der Waals surface area (Å²) in [6.45, 7) is 0. The van der Waals surface area contributed by atoms with Gasteiger partial charge in [-0.25, -0.2) is 0 Å². The summed E-state index contributed by atoms with van der Waals surface area (Å²) in [4.78, 5) is 12.7. The normalized spacial score (nSPS) is 31.1. The fraction of sp³-hybridized carbons (Fsp3) is 0.857. The largest absolute Gasteiger partial charge is 0.393 e. The molecule has 10 heavy (non-hydrogen) atoms. The topological polar surface area (TPSA) is 40.5 Å². The van der Waals surface area contributed by atoms with E-state index in [9.17, 15) is 4.79 Å². The monoisotopic (exact) mass is 143 g/mol. The van der Waals surface area contributed by atoms with E-state index < -0.39 is 0 Å². The summed E-state index contributed by atoms with van der Waals surface area (Å²) in [6.07, 6.45) is 1.07. The highest BCUT2D eigenvalue weighted by Crippen LogP contribution is 2.28. The van der Waals surface area contributed by atoms with Gasteiger partial charge in [0.25, 0.3) is 0 Å². The molecule has 0 aromatic carbocycles. The zero-order chi connectivity index (χ0) is 7.72. The van der Waals surface area contributed by atoms with E-state index in [0.717, 1.165) is 0 Å². The number of hydrogen-bond donors (Lipinski definition) is 1. The molecule has 0 atom stereocenters. The van der Waals surface area contributed by atoms with Crippen LogP contribution in [0.5, 0.6) is 0 Å². The Bertz CT molecular complexity index is 139. The number of rotatable bonds is 1. The predicted molar refractivity (Wildman–Crippen MR) is 37.4 cm³/mol. The SMILES string of the molecule is CN(C)C(=O)[C@H]1C[C@H](O)C1. The number of nitrogens with zero attached hydrogens (tertiary/aromatic N) is 1. The van der Waals surface area contributed by atoms with Gasteiger partial charge in [0, 0.05) is 20.0 Å². The molecule has 0 aromatic rings. The van der Waals surface area contributed by atoms with E-state index in [4.69, 9.17) is 5.11 Å². The van der Waals surface area contributed by atoms with Crippen LogP contribution in [0.1, 0.15) is 12.8 Å². The first-order valence-corrected chi connectivity index (χ1v) is 3.50. The highest BCUT2D eigenvalue weighted by atomic mass is 16.3. The van der Waals surface area contributed by atoms with Gasteiger partial charge in [-0.2, -0.15) is 0 Å². The van der Waals surface area contributed by atoms with Crippen LogP contribution in [-0.4, -0.2) is 36.1 Å². The Hall–Kier alpha value is -0.570. The minimum Gasteiger partial charge on any atom is -0.393 e. The number of aliphatic hydroxyl groups is 1. The third-order valence-corrected chi connectivity index (χ3v) is 1.90. The molecule has 0 aromatic heterocycles. The third kappa shape index (κ3) is 1.29. The quantitative estimate of drug-likeness (QED) is 0.554. The van der Waals surface area contributed by atoms with Crippen molar-refractivity contribution in [2.24, 2.45) is 5.92 Å². The van der Waals surface area contributed by atoms with Gasteiger partial charge in [0.15, 0.2) is 0 Å². The van der Waals surface area contributed by atoms with Gasteiger partial charge >= 0.3 is 0 Å². The van der Waals surface area contributed by atoms with Crippen LogP contribution in [0, 0.1) is 5.92 Å². The predicted octanol–water partition coefficient (Wildman–Crippen LogP) is -0.155. The van der Waals surface area contributed by atoms with Crippen LogP contribution in [0.3, 0.4) is 0 Å². The van der Waals surface area contributed by atoms with E-state index in [1.807, 2.05) is 0 Å². The first kappa shape index (κ1) is 7.54. The van der Waals surface area contributed by atoms with Crippen LogP contribution in [0.15, 0.2) is 0 Å². The maximum atomic E-state index is 11.1. The average Bonchev–Trinajstić information content (AvgIpc) is 1.79. The molecule has 0 saturated heterocycles. The van der Waals surface area contributed by atoms with Crippen molar-refractivity contribution in [2.75, 3.05) is 14.1 Å². The van der Waals surface area contributed by atoms with E-state index >= 15 is 0 Å². The molecule has 0 heterocycles. The van der Waals surface area contributed by atoms with Crippen LogP contribution < -0.4 is 0 Å². The molecule has 1 aliphatic carbocycles. The van der Waals surface area contributed by atoms with Crippen molar-refractivity contribution in [3.63, 3.8) is 0 Å². The third-order valence-electron chi connectivity index (χ3n) is 1.90. The molecular formula is C7H13NO2. The number of aliphatic hydroxyl groups excluding tert-OH is 1. The van der Waals surface area contributed by atoms with Crippen molar-refractivity contribution >= 4 is 5.91 Å². The van der Waals surface area contributed by atoms with Crippen LogP contribution in [0.2, 0.25) is 0 Å². The summed E-state index contributed by atoms with van der Waals surface area (Å²) >= 11 is 0. The summed E-state index contributed by atoms with van der Waals surface area (Å²) in [5.41, 5.74) is 0. The van der Waals surface area contributed by atoms with Gasteiger partial charge in [0.05, 0.1) is 6.10 Å². The number of carbonyl (C=O) groups excluding carboxylic acids is 1. The van der Waals surface area contributed by atoms with Crippen LogP contribution in [0.4, 0.5) is 0 Å². The second-order valence-corrected chi connectivity index (χ2v) is 3.05. The van der Waals surface area contributed by atoms with Crippen LogP contribution >= 0.6 is 0 Å². The summed E-state index contributed by atoms with van der Waals surface area (Å²) in [7, 11) is 3.49. The number of hydrogen-bond acceptors (Lipinski definition) is 2. The van der Waals surface area contributed by atoms with Crippen molar-refractivity contribution in [3.05, 3.63) is 0 Å². The first-order valence-electron chi connectivity index (χ1n) is 3.50. The Balaban J connectivity index is 2.31. The Morgan fingerprint density at radius 3 is 2.30 bits per heavy atom. The van der Waals surface area contributed by atoms with Crippen molar-refractivity contribution < 1.29 is 9.90 Å². The van der Waals surface area contributed by atoms with Crippen molar-refractivity contribution in [3.8, 4) is 0 Å². The highest BCUT2D eigenvalue weighted by molar-refractivity contribution is 5.79. The van der Waals surface area contributed by atoms with E-state index in [1.54, 1.807) is 19.0 Å². The van der Waals surface area contributed by atoms with E-state index in [2.05, 4.69) is 0 Å². The van der Waals surface area contributed by atoms with Gasteiger partial charge < -0.3 is 10.0 Å². The molecule has 3 heteroatoms. The second-order valence-electron chi connectivity index (χ2n) is 3.05. The molecule has 0 radical (unpaired) electrons. The molecule has 1 aliphatic rings. The first-order chi connectivity index (χ1) is 4.61. The molecule has 1 fully saturated rings. The van der Waals surface area contributed by atoms with Gasteiger partial charge in [-0.15, -0.1) is 0 Å². The van der Waals surface area contributed by atoms with Crippen molar-refractivity contribution in [2.45, 2.75) is 18.9 Å². The van der Waals surface area contributed by atoms with Gasteiger partial charge in [0.2, 0.25) is 5.91 Å². The average molecular weight is 143 g/mol. The maximum Gasteiger partial charge on any atom is 0.225 e. The second kappa shape index (κ2) is 2.58. The molecule has 1 saturated carbocycles. The Kier molecular flexibility index (Phi) is 1.94. The van der Waals surface area contributed by atoms with E-state index in [1.165, 1.54) is 0 Å². The minimum absolute atomic E-state index is 0.0880. The lowest BCUT2D eigenvalue weighted by molar-refractivity contribution is -0.139. The van der Waals surface area contributed by atoms with E-state index in [-0.39, 0.29) is 17.9 Å². The van der Waals surface area contributed by atoms with E-state index in [0.29, 0.717) is 12.8 Å². The molecule has 1 N–H and O–H groups in total. The Morgan fingerprint density at radius 1 is 1.50 bits per heavy atom. The smallest absolute Gasteiger partial charge is 0.225 e. The zero-order valence-electron chi connectivity index (χ0n) is 6.37. The summed E-state index contributed by atoms with van der Waals surface area (Å²) in [5, 5.41) is 8.88. The lowest BCUT2D eigenvalue weighted by Crippen LogP contribution is -2.40. The molecule has 58 valence electrons. The van der Waals surface area contributed by atoms with Crippen LogP contribution in [-0.2, 0) is 4.79 Å². The fourth-order valence-corrected chi connectivity index (χ4v) is 1.15. The molecule has 0 aliphatic heterocycles. The molecule has 1 amide bonds. The summed E-state index contributed by atoms with van der Waals surface area (Å²) < 4.78 is 0. The highest BCUT2D eigenvalue weighted by Gasteiger charge is 2.33. The summed E-state index contributed by atoms with van der Waals surface area (Å²) in [6, 6.07) is 0. The maximum absolute atomic E-state index is 11.1. The van der Waals surface area contributed by atoms with Gasteiger partial charge in [0.1, 0.15) is 0 Å². The minimum atomic E-state index is -0.228. The lowest BCUT2D eigenvalue weighted by atomic mass is 9.81. The molecular weight excluding hydrogens is 130 g/mol. The Labute approximate surface area is 60.6 Å². The molecule has 3 nitrogen and oxygen atoms in total. The molecule has 0 bridgehead atoms. The lowest BCUT2D eigenvalue weighted by Gasteiger charge is -2.31. The van der Waals surface area contributed by atoms with Gasteiger partial charge in [-0.1, -0.05) is 0 Å². The van der Waals surface area contributed by atoms with Crippen molar-refractivity contribution in [1.29, 1.82) is 0 Å². The van der Waals surface area contributed by atoms with Gasteiger partial charge in [-0.05, 0) is 12.8 Å². The summed E-state index contributed by atoms with van der Waals surface area (Å²) in [5.74, 6) is 0.232. The number of carbonyl (C=O) groups is 1. The Morgan fingerprint density at radius 2 is 2.00 bits per heavy atom. The van der Waals surface area contributed by atoms with Crippen LogP contribution in [0.25, 0.3) is 0 Å². The molecule has 0 unspecified atom stereocenters. The zero-order valence-corrected chi connectivity index (χ0v) is 6.37. The molecule has 1 rings (SSSR count).